The van der Waals surface area contributed by atoms with E-state index >= 15 is 0 Å². The minimum absolute atomic E-state index is 0.0306. The molecule has 0 aromatic carbocycles. The molecule has 2 N–H and O–H groups in total. The molecule has 0 saturated carbocycles. The van der Waals surface area contributed by atoms with E-state index in [0.717, 1.165) is 19.3 Å². The number of aromatic nitrogens is 2. The highest BCUT2D eigenvalue weighted by molar-refractivity contribution is 5.88. The summed E-state index contributed by atoms with van der Waals surface area (Å²) < 4.78 is 0. The van der Waals surface area contributed by atoms with E-state index in [1.807, 2.05) is 0 Å². The van der Waals surface area contributed by atoms with Crippen LogP contribution in [-0.4, -0.2) is 15.9 Å². The molecule has 0 aliphatic heterocycles. The van der Waals surface area contributed by atoms with Crippen LogP contribution in [0, 0.1) is 12.3 Å². The summed E-state index contributed by atoms with van der Waals surface area (Å²) in [6.45, 7) is 0. The van der Waals surface area contributed by atoms with Crippen LogP contribution in [0.25, 0.3) is 0 Å². The number of hydrogen-bond acceptors (Lipinski definition) is 2. The van der Waals surface area contributed by atoms with Gasteiger partial charge in [0.1, 0.15) is 0 Å². The lowest BCUT2D eigenvalue weighted by atomic mass is 10.2. The predicted molar refractivity (Wildman–Crippen MR) is 54.5 cm³/mol. The van der Waals surface area contributed by atoms with Crippen LogP contribution in [0.3, 0.4) is 0 Å². The maximum absolute atomic E-state index is 11.3. The molecule has 0 radical (unpaired) electrons. The van der Waals surface area contributed by atoms with E-state index in [-0.39, 0.29) is 5.91 Å². The molecule has 1 rings (SSSR count). The normalized spacial score (nSPS) is 9.36. The highest BCUT2D eigenvalue weighted by Gasteiger charge is 2.02. The van der Waals surface area contributed by atoms with Crippen LogP contribution >= 0.6 is 0 Å². The summed E-state index contributed by atoms with van der Waals surface area (Å²) in [4.78, 5) is 17.9. The number of nitrogens with one attached hydrogen (secondary N) is 2. The Bertz CT molecular complexity index is 311. The lowest BCUT2D eigenvalue weighted by Crippen LogP contribution is -2.11. The van der Waals surface area contributed by atoms with Gasteiger partial charge in [0.15, 0.2) is 0 Å². The zero-order chi connectivity index (χ0) is 10.2. The number of rotatable bonds is 5. The van der Waals surface area contributed by atoms with Crippen molar-refractivity contribution in [1.29, 1.82) is 0 Å². The Kier molecular flexibility index (Phi) is 4.29. The van der Waals surface area contributed by atoms with E-state index in [4.69, 9.17) is 6.42 Å². The molecule has 0 aliphatic carbocycles. The molecule has 4 heteroatoms. The zero-order valence-electron chi connectivity index (χ0n) is 7.92. The minimum Gasteiger partial charge on any atom is -0.331 e. The molecule has 4 nitrogen and oxygen atoms in total. The van der Waals surface area contributed by atoms with E-state index in [1.165, 1.54) is 0 Å². The molecule has 1 aromatic heterocycles. The fraction of sp³-hybridized carbons (Fsp3) is 0.400. The first kappa shape index (κ1) is 10.3. The number of nitrogens with zero attached hydrogens (tertiary/aromatic N) is 1. The van der Waals surface area contributed by atoms with Gasteiger partial charge >= 0.3 is 0 Å². The number of H-pyrrole nitrogens is 1. The molecular weight excluding hydrogens is 178 g/mol. The van der Waals surface area contributed by atoms with Crippen LogP contribution in [0.2, 0.25) is 0 Å². The maximum Gasteiger partial charge on any atom is 0.226 e. The first-order chi connectivity index (χ1) is 6.83. The van der Waals surface area contributed by atoms with Crippen LogP contribution < -0.4 is 5.32 Å². The lowest BCUT2D eigenvalue weighted by molar-refractivity contribution is -0.116. The van der Waals surface area contributed by atoms with Crippen LogP contribution in [0.4, 0.5) is 5.95 Å². The van der Waals surface area contributed by atoms with Gasteiger partial charge in [-0.2, -0.15) is 0 Å². The van der Waals surface area contributed by atoms with Gasteiger partial charge in [0, 0.05) is 25.2 Å². The lowest BCUT2D eigenvalue weighted by Gasteiger charge is -2.00. The Labute approximate surface area is 83.1 Å². The number of unbranched alkanes of at least 4 members (excludes halogenated alkanes) is 2. The van der Waals surface area contributed by atoms with Crippen molar-refractivity contribution in [3.05, 3.63) is 12.4 Å². The molecule has 1 heterocycles. The second-order valence-corrected chi connectivity index (χ2v) is 2.90. The molecule has 14 heavy (non-hydrogen) atoms. The van der Waals surface area contributed by atoms with Crippen molar-refractivity contribution in [1.82, 2.24) is 9.97 Å². The number of hydrogen-bond donors (Lipinski definition) is 2. The fourth-order valence-electron chi connectivity index (χ4n) is 1.04. The van der Waals surface area contributed by atoms with Crippen LogP contribution in [-0.2, 0) is 4.79 Å². The summed E-state index contributed by atoms with van der Waals surface area (Å²) in [7, 11) is 0. The number of aromatic amines is 1. The molecule has 74 valence electrons. The van der Waals surface area contributed by atoms with Gasteiger partial charge in [-0.3, -0.25) is 10.1 Å². The van der Waals surface area contributed by atoms with Crippen molar-refractivity contribution in [2.45, 2.75) is 25.7 Å². The van der Waals surface area contributed by atoms with E-state index in [9.17, 15) is 4.79 Å². The fourth-order valence-corrected chi connectivity index (χ4v) is 1.04. The third kappa shape index (κ3) is 3.76. The molecule has 0 spiro atoms. The third-order valence-electron chi connectivity index (χ3n) is 1.73. The number of anilines is 1. The number of carbonyl (C=O) groups is 1. The van der Waals surface area contributed by atoms with Crippen LogP contribution in [0.5, 0.6) is 0 Å². The number of amides is 1. The first-order valence-corrected chi connectivity index (χ1v) is 4.55. The van der Waals surface area contributed by atoms with E-state index < -0.39 is 0 Å². The van der Waals surface area contributed by atoms with Crippen molar-refractivity contribution in [3.8, 4) is 12.3 Å². The van der Waals surface area contributed by atoms with Gasteiger partial charge in [0.2, 0.25) is 11.9 Å². The summed E-state index contributed by atoms with van der Waals surface area (Å²) in [5, 5.41) is 2.64. The molecule has 0 atom stereocenters. The van der Waals surface area contributed by atoms with Gasteiger partial charge in [-0.05, 0) is 12.8 Å². The molecule has 1 aromatic rings. The van der Waals surface area contributed by atoms with Crippen molar-refractivity contribution in [2.75, 3.05) is 5.32 Å². The SMILES string of the molecule is C#CCCCCC(=O)Nc1ncc[nH]1. The van der Waals surface area contributed by atoms with Gasteiger partial charge in [0.05, 0.1) is 0 Å². The van der Waals surface area contributed by atoms with Crippen molar-refractivity contribution >= 4 is 11.9 Å². The van der Waals surface area contributed by atoms with Crippen molar-refractivity contribution in [3.63, 3.8) is 0 Å². The molecule has 0 aliphatic rings. The molecule has 0 saturated heterocycles. The number of terminal acetylenes is 1. The Morgan fingerprint density at radius 1 is 1.64 bits per heavy atom. The first-order valence-electron chi connectivity index (χ1n) is 4.55. The monoisotopic (exact) mass is 191 g/mol. The number of carbonyl (C=O) groups excluding carboxylic acids is 1. The van der Waals surface area contributed by atoms with Gasteiger partial charge in [-0.25, -0.2) is 4.98 Å². The molecule has 0 fully saturated rings. The summed E-state index contributed by atoms with van der Waals surface area (Å²) in [6.07, 6.45) is 11.3. The topological polar surface area (TPSA) is 57.8 Å². The minimum atomic E-state index is -0.0306. The predicted octanol–water partition coefficient (Wildman–Crippen LogP) is 1.54. The summed E-state index contributed by atoms with van der Waals surface area (Å²) in [5.74, 6) is 3.00. The molecular formula is C10H13N3O. The van der Waals surface area contributed by atoms with Crippen molar-refractivity contribution < 1.29 is 4.79 Å². The number of imidazole rings is 1. The summed E-state index contributed by atoms with van der Waals surface area (Å²) in [5.41, 5.74) is 0. The maximum atomic E-state index is 11.3. The highest BCUT2D eigenvalue weighted by atomic mass is 16.1. The van der Waals surface area contributed by atoms with E-state index in [0.29, 0.717) is 12.4 Å². The van der Waals surface area contributed by atoms with Gasteiger partial charge < -0.3 is 4.98 Å². The van der Waals surface area contributed by atoms with Crippen LogP contribution in [0.15, 0.2) is 12.4 Å². The summed E-state index contributed by atoms with van der Waals surface area (Å²) in [6, 6.07) is 0. The van der Waals surface area contributed by atoms with E-state index in [2.05, 4.69) is 21.2 Å². The van der Waals surface area contributed by atoms with E-state index in [1.54, 1.807) is 12.4 Å². The third-order valence-corrected chi connectivity index (χ3v) is 1.73. The van der Waals surface area contributed by atoms with Crippen LogP contribution in [0.1, 0.15) is 25.7 Å². The quantitative estimate of drug-likeness (QED) is 0.548. The zero-order valence-corrected chi connectivity index (χ0v) is 7.92. The average molecular weight is 191 g/mol. The Morgan fingerprint density at radius 2 is 2.50 bits per heavy atom. The standard InChI is InChI=1S/C10H13N3O/c1-2-3-4-5-6-9(14)13-10-11-7-8-12-10/h1,7-8H,3-6H2,(H2,11,12,13,14). The summed E-state index contributed by atoms with van der Waals surface area (Å²) >= 11 is 0. The smallest absolute Gasteiger partial charge is 0.226 e. The molecule has 0 bridgehead atoms. The Balaban J connectivity index is 2.14. The highest BCUT2D eigenvalue weighted by Crippen LogP contribution is 2.02. The second-order valence-electron chi connectivity index (χ2n) is 2.90. The molecule has 0 unspecified atom stereocenters. The van der Waals surface area contributed by atoms with Gasteiger partial charge in [-0.1, -0.05) is 0 Å². The Hall–Kier alpha value is -1.76. The van der Waals surface area contributed by atoms with Gasteiger partial charge in [-0.15, -0.1) is 12.3 Å². The largest absolute Gasteiger partial charge is 0.331 e. The Morgan fingerprint density at radius 3 is 3.14 bits per heavy atom. The second kappa shape index (κ2) is 5.81. The average Bonchev–Trinajstić information content (AvgIpc) is 2.65. The molecule has 1 amide bonds. The van der Waals surface area contributed by atoms with Crippen molar-refractivity contribution in [2.24, 2.45) is 0 Å². The van der Waals surface area contributed by atoms with Gasteiger partial charge in [0.25, 0.3) is 0 Å².